The van der Waals surface area contributed by atoms with Gasteiger partial charge in [0, 0.05) is 16.4 Å². The lowest BCUT2D eigenvalue weighted by atomic mass is 9.33. The second kappa shape index (κ2) is 6.47. The van der Waals surface area contributed by atoms with Gasteiger partial charge in [0.05, 0.1) is 5.41 Å². The maximum atomic E-state index is 14.4. The molecular weight excluding hydrogens is 422 g/mol. The van der Waals surface area contributed by atoms with Crippen LogP contribution in [0.5, 0.6) is 0 Å². The Morgan fingerprint density at radius 1 is 0.882 bits per heavy atom. The third-order valence-electron chi connectivity index (χ3n) is 12.4. The Morgan fingerprint density at radius 2 is 1.50 bits per heavy atom. The SMILES string of the molecule is CC1(C)CCC2(C)CCC3C4(C)CCC5C(C)(C)C(=O)C(O)=CC5(C)C4=CC(=O)C3(C)C2(N)C1. The van der Waals surface area contributed by atoms with Gasteiger partial charge >= 0.3 is 0 Å². The van der Waals surface area contributed by atoms with Crippen molar-refractivity contribution in [3.05, 3.63) is 23.5 Å². The van der Waals surface area contributed by atoms with E-state index in [0.717, 1.165) is 50.5 Å². The molecule has 3 N–H and O–H groups in total. The van der Waals surface area contributed by atoms with Crippen LogP contribution in [0.3, 0.4) is 0 Å². The Bertz CT molecular complexity index is 1050. The Kier molecular flexibility index (Phi) is 4.62. The summed E-state index contributed by atoms with van der Waals surface area (Å²) in [5, 5.41) is 10.7. The highest BCUT2D eigenvalue weighted by atomic mass is 16.3. The van der Waals surface area contributed by atoms with E-state index in [4.69, 9.17) is 5.73 Å². The van der Waals surface area contributed by atoms with Crippen molar-refractivity contribution in [2.75, 3.05) is 0 Å². The standard InChI is InChI=1S/C30H45NO3/c1-24(2)13-14-26(5)11-9-20-27(6)12-10-19-25(3,4)23(34)18(32)16-28(19,7)21(27)15-22(33)29(20,8)30(26,31)17-24/h15-16,19-20,32H,9-14,17,31H2,1-8H3. The molecule has 0 aromatic heterocycles. The van der Waals surface area contributed by atoms with E-state index in [1.54, 1.807) is 6.08 Å². The van der Waals surface area contributed by atoms with Gasteiger partial charge in [-0.2, -0.15) is 0 Å². The van der Waals surface area contributed by atoms with E-state index >= 15 is 0 Å². The van der Waals surface area contributed by atoms with E-state index in [1.807, 2.05) is 19.9 Å². The second-order valence-electron chi connectivity index (χ2n) is 15.0. The van der Waals surface area contributed by atoms with Gasteiger partial charge in [0.1, 0.15) is 0 Å². The number of hydrogen-bond donors (Lipinski definition) is 2. The Balaban J connectivity index is 1.71. The molecule has 7 unspecified atom stereocenters. The highest BCUT2D eigenvalue weighted by Crippen LogP contribution is 2.74. The van der Waals surface area contributed by atoms with Crippen LogP contribution in [0.4, 0.5) is 0 Å². The summed E-state index contributed by atoms with van der Waals surface area (Å²) in [5.41, 5.74) is 6.21. The number of aliphatic hydroxyl groups excluding tert-OH is 1. The fraction of sp³-hybridized carbons (Fsp3) is 0.800. The normalized spacial score (nSPS) is 51.3. The molecule has 0 saturated heterocycles. The second-order valence-corrected chi connectivity index (χ2v) is 15.0. The predicted molar refractivity (Wildman–Crippen MR) is 135 cm³/mol. The van der Waals surface area contributed by atoms with Crippen LogP contribution in [0.1, 0.15) is 100 Å². The fourth-order valence-corrected chi connectivity index (χ4v) is 10.2. The monoisotopic (exact) mass is 467 g/mol. The summed E-state index contributed by atoms with van der Waals surface area (Å²) >= 11 is 0. The molecule has 5 aliphatic carbocycles. The van der Waals surface area contributed by atoms with Crippen LogP contribution < -0.4 is 5.73 Å². The number of Topliss-reactive ketones (excluding diaryl/α,β-unsaturated/α-hetero) is 1. The molecule has 34 heavy (non-hydrogen) atoms. The number of ketones is 2. The molecule has 7 atom stereocenters. The van der Waals surface area contributed by atoms with Crippen LogP contribution in [-0.4, -0.2) is 22.2 Å². The zero-order chi connectivity index (χ0) is 25.3. The Morgan fingerprint density at radius 3 is 2.15 bits per heavy atom. The van der Waals surface area contributed by atoms with Crippen molar-refractivity contribution >= 4 is 11.6 Å². The third kappa shape index (κ3) is 2.54. The van der Waals surface area contributed by atoms with Crippen LogP contribution in [-0.2, 0) is 9.59 Å². The lowest BCUT2D eigenvalue weighted by Gasteiger charge is -2.71. The molecule has 0 aliphatic heterocycles. The molecule has 188 valence electrons. The van der Waals surface area contributed by atoms with E-state index in [1.165, 1.54) is 0 Å². The van der Waals surface area contributed by atoms with Gasteiger partial charge in [-0.05, 0) is 85.2 Å². The molecule has 3 fully saturated rings. The van der Waals surface area contributed by atoms with Crippen LogP contribution in [0.2, 0.25) is 0 Å². The Labute approximate surface area is 205 Å². The lowest BCUT2D eigenvalue weighted by Crippen LogP contribution is -2.76. The zero-order valence-electron chi connectivity index (χ0n) is 22.6. The summed E-state index contributed by atoms with van der Waals surface area (Å²) in [5.74, 6) is 0.0726. The Hall–Kier alpha value is -1.42. The van der Waals surface area contributed by atoms with Crippen LogP contribution in [0.15, 0.2) is 23.5 Å². The van der Waals surface area contributed by atoms with Crippen LogP contribution in [0, 0.1) is 44.3 Å². The van der Waals surface area contributed by atoms with Gasteiger partial charge in [0.15, 0.2) is 11.5 Å². The first-order valence-corrected chi connectivity index (χ1v) is 13.4. The van der Waals surface area contributed by atoms with E-state index in [0.29, 0.717) is 0 Å². The van der Waals surface area contributed by atoms with Crippen molar-refractivity contribution in [2.24, 2.45) is 50.1 Å². The molecule has 0 radical (unpaired) electrons. The maximum absolute atomic E-state index is 14.4. The molecule has 4 heteroatoms. The number of carbonyl (C=O) groups excluding carboxylic acids is 2. The van der Waals surface area contributed by atoms with E-state index in [9.17, 15) is 14.7 Å². The number of aliphatic hydroxyl groups is 1. The van der Waals surface area contributed by atoms with Gasteiger partial charge in [-0.25, -0.2) is 0 Å². The maximum Gasteiger partial charge on any atom is 0.202 e. The summed E-state index contributed by atoms with van der Waals surface area (Å²) in [4.78, 5) is 27.3. The van der Waals surface area contributed by atoms with Crippen molar-refractivity contribution in [1.82, 2.24) is 0 Å². The van der Waals surface area contributed by atoms with Crippen molar-refractivity contribution in [2.45, 2.75) is 106 Å². The summed E-state index contributed by atoms with van der Waals surface area (Å²) in [7, 11) is 0. The van der Waals surface area contributed by atoms with Crippen molar-refractivity contribution < 1.29 is 14.7 Å². The summed E-state index contributed by atoms with van der Waals surface area (Å²) in [6, 6.07) is 0. The molecular formula is C30H45NO3. The molecule has 4 nitrogen and oxygen atoms in total. The molecule has 0 aromatic carbocycles. The van der Waals surface area contributed by atoms with Crippen molar-refractivity contribution in [3.8, 4) is 0 Å². The largest absolute Gasteiger partial charge is 0.505 e. The summed E-state index contributed by atoms with van der Waals surface area (Å²) in [6.45, 7) is 17.6. The summed E-state index contributed by atoms with van der Waals surface area (Å²) in [6.07, 6.45) is 10.7. The van der Waals surface area contributed by atoms with E-state index in [-0.39, 0.29) is 45.4 Å². The fourth-order valence-electron chi connectivity index (χ4n) is 10.2. The van der Waals surface area contributed by atoms with Crippen molar-refractivity contribution in [3.63, 3.8) is 0 Å². The predicted octanol–water partition coefficient (Wildman–Crippen LogP) is 6.30. The molecule has 0 aromatic rings. The third-order valence-corrected chi connectivity index (χ3v) is 12.4. The van der Waals surface area contributed by atoms with Crippen LogP contribution in [0.25, 0.3) is 0 Å². The quantitative estimate of drug-likeness (QED) is 0.438. The molecule has 0 amide bonds. The average Bonchev–Trinajstić information content (AvgIpc) is 2.70. The first kappa shape index (κ1) is 24.3. The van der Waals surface area contributed by atoms with Crippen LogP contribution >= 0.6 is 0 Å². The summed E-state index contributed by atoms with van der Waals surface area (Å²) < 4.78 is 0. The minimum Gasteiger partial charge on any atom is -0.505 e. The molecule has 5 aliphatic rings. The van der Waals surface area contributed by atoms with Crippen molar-refractivity contribution in [1.29, 1.82) is 0 Å². The first-order valence-electron chi connectivity index (χ1n) is 13.4. The number of rotatable bonds is 0. The minimum atomic E-state index is -0.660. The average molecular weight is 468 g/mol. The van der Waals surface area contributed by atoms with Gasteiger partial charge in [0.25, 0.3) is 0 Å². The minimum absolute atomic E-state index is 0.0380. The number of hydrogen-bond acceptors (Lipinski definition) is 4. The smallest absolute Gasteiger partial charge is 0.202 e. The van der Waals surface area contributed by atoms with E-state index < -0.39 is 21.8 Å². The van der Waals surface area contributed by atoms with Gasteiger partial charge in [-0.1, -0.05) is 61.0 Å². The molecule has 5 rings (SSSR count). The number of carbonyl (C=O) groups is 2. The molecule has 0 spiro atoms. The molecule has 0 bridgehead atoms. The lowest BCUT2D eigenvalue weighted by molar-refractivity contribution is -0.179. The topological polar surface area (TPSA) is 80.4 Å². The number of fused-ring (bicyclic) bond motifs is 7. The highest BCUT2D eigenvalue weighted by Gasteiger charge is 2.73. The van der Waals surface area contributed by atoms with Gasteiger partial charge in [-0.3, -0.25) is 9.59 Å². The number of nitrogens with two attached hydrogens (primary N) is 1. The van der Waals surface area contributed by atoms with Gasteiger partial charge in [0.2, 0.25) is 5.78 Å². The van der Waals surface area contributed by atoms with Gasteiger partial charge < -0.3 is 10.8 Å². The van der Waals surface area contributed by atoms with E-state index in [2.05, 4.69) is 41.5 Å². The number of allylic oxidation sites excluding steroid dienone is 4. The molecule has 0 heterocycles. The molecule has 3 saturated carbocycles. The van der Waals surface area contributed by atoms with Gasteiger partial charge in [-0.15, -0.1) is 0 Å². The highest BCUT2D eigenvalue weighted by molar-refractivity contribution is 6.01. The first-order chi connectivity index (χ1) is 15.4. The zero-order valence-corrected chi connectivity index (χ0v) is 22.6.